The average molecular weight is 238 g/mol. The molecule has 0 saturated heterocycles. The SMILES string of the molecule is CCCn1nnnc1-c1cc(Cl)ccc1N. The highest BCUT2D eigenvalue weighted by atomic mass is 35.5. The molecule has 2 rings (SSSR count). The molecule has 2 N–H and O–H groups in total. The molecule has 0 aliphatic heterocycles. The molecule has 0 aliphatic carbocycles. The predicted molar refractivity (Wildman–Crippen MR) is 63.0 cm³/mol. The first kappa shape index (κ1) is 10.9. The number of aryl methyl sites for hydroxylation is 1. The van der Waals surface area contributed by atoms with E-state index in [1.807, 2.05) is 0 Å². The highest BCUT2D eigenvalue weighted by Crippen LogP contribution is 2.26. The standard InChI is InChI=1S/C10H12ClN5/c1-2-5-16-10(13-14-15-16)8-6-7(11)3-4-9(8)12/h3-4,6H,2,5,12H2,1H3. The van der Waals surface area contributed by atoms with E-state index in [1.54, 1.807) is 22.9 Å². The number of aromatic nitrogens is 4. The van der Waals surface area contributed by atoms with Crippen LogP contribution in [-0.4, -0.2) is 20.2 Å². The van der Waals surface area contributed by atoms with Crippen LogP contribution in [0.2, 0.25) is 5.02 Å². The third kappa shape index (κ3) is 1.99. The molecule has 1 aromatic carbocycles. The highest BCUT2D eigenvalue weighted by molar-refractivity contribution is 6.31. The van der Waals surface area contributed by atoms with E-state index in [1.165, 1.54) is 0 Å². The van der Waals surface area contributed by atoms with Crippen LogP contribution >= 0.6 is 11.6 Å². The summed E-state index contributed by atoms with van der Waals surface area (Å²) in [7, 11) is 0. The highest BCUT2D eigenvalue weighted by Gasteiger charge is 2.11. The number of halogens is 1. The van der Waals surface area contributed by atoms with Crippen LogP contribution in [0.25, 0.3) is 11.4 Å². The van der Waals surface area contributed by atoms with Crippen molar-refractivity contribution in [2.45, 2.75) is 19.9 Å². The molecule has 1 heterocycles. The van der Waals surface area contributed by atoms with Crippen molar-refractivity contribution in [1.82, 2.24) is 20.2 Å². The van der Waals surface area contributed by atoms with Crippen LogP contribution in [0, 0.1) is 0 Å². The van der Waals surface area contributed by atoms with Crippen molar-refractivity contribution in [3.8, 4) is 11.4 Å². The van der Waals surface area contributed by atoms with Gasteiger partial charge < -0.3 is 5.73 Å². The maximum atomic E-state index is 5.93. The van der Waals surface area contributed by atoms with Gasteiger partial charge in [-0.15, -0.1) is 5.10 Å². The molecule has 84 valence electrons. The maximum absolute atomic E-state index is 5.93. The Kier molecular flexibility index (Phi) is 3.05. The number of rotatable bonds is 3. The van der Waals surface area contributed by atoms with Gasteiger partial charge in [-0.05, 0) is 35.0 Å². The van der Waals surface area contributed by atoms with Crippen LogP contribution in [0.4, 0.5) is 5.69 Å². The first-order valence-corrected chi connectivity index (χ1v) is 5.41. The summed E-state index contributed by atoms with van der Waals surface area (Å²) in [6.07, 6.45) is 0.957. The lowest BCUT2D eigenvalue weighted by Crippen LogP contribution is -2.03. The number of tetrazole rings is 1. The van der Waals surface area contributed by atoms with Gasteiger partial charge in [-0.3, -0.25) is 0 Å². The van der Waals surface area contributed by atoms with E-state index in [-0.39, 0.29) is 0 Å². The monoisotopic (exact) mass is 237 g/mol. The van der Waals surface area contributed by atoms with Gasteiger partial charge in [0.2, 0.25) is 0 Å². The van der Waals surface area contributed by atoms with Crippen molar-refractivity contribution >= 4 is 17.3 Å². The molecule has 1 aromatic heterocycles. The largest absolute Gasteiger partial charge is 0.398 e. The van der Waals surface area contributed by atoms with Crippen molar-refractivity contribution in [2.24, 2.45) is 0 Å². The van der Waals surface area contributed by atoms with Gasteiger partial charge in [0.05, 0.1) is 0 Å². The molecule has 0 bridgehead atoms. The van der Waals surface area contributed by atoms with Crippen LogP contribution in [0.3, 0.4) is 0 Å². The lowest BCUT2D eigenvalue weighted by molar-refractivity contribution is 0.583. The molecule has 0 fully saturated rings. The van der Waals surface area contributed by atoms with Crippen molar-refractivity contribution in [1.29, 1.82) is 0 Å². The fourth-order valence-electron chi connectivity index (χ4n) is 1.48. The number of nitrogens with two attached hydrogens (primary N) is 1. The van der Waals surface area contributed by atoms with Crippen LogP contribution < -0.4 is 5.73 Å². The minimum Gasteiger partial charge on any atom is -0.398 e. The minimum absolute atomic E-state index is 0.621. The minimum atomic E-state index is 0.621. The quantitative estimate of drug-likeness (QED) is 0.829. The first-order valence-electron chi connectivity index (χ1n) is 5.04. The Morgan fingerprint density at radius 3 is 3.00 bits per heavy atom. The zero-order valence-corrected chi connectivity index (χ0v) is 9.65. The summed E-state index contributed by atoms with van der Waals surface area (Å²) < 4.78 is 1.72. The van der Waals surface area contributed by atoms with E-state index < -0.39 is 0 Å². The normalized spacial score (nSPS) is 10.6. The lowest BCUT2D eigenvalue weighted by atomic mass is 10.1. The number of nitrogens with zero attached hydrogens (tertiary/aromatic N) is 4. The van der Waals surface area contributed by atoms with E-state index in [9.17, 15) is 0 Å². The van der Waals surface area contributed by atoms with E-state index in [0.29, 0.717) is 16.5 Å². The number of anilines is 1. The summed E-state index contributed by atoms with van der Waals surface area (Å²) in [5.41, 5.74) is 7.27. The molecule has 0 amide bonds. The van der Waals surface area contributed by atoms with Gasteiger partial charge >= 0.3 is 0 Å². The van der Waals surface area contributed by atoms with E-state index >= 15 is 0 Å². The molecule has 0 unspecified atom stereocenters. The summed E-state index contributed by atoms with van der Waals surface area (Å²) in [5.74, 6) is 0.654. The molecule has 16 heavy (non-hydrogen) atoms. The van der Waals surface area contributed by atoms with Gasteiger partial charge in [-0.25, -0.2) is 4.68 Å². The van der Waals surface area contributed by atoms with E-state index in [2.05, 4.69) is 22.4 Å². The summed E-state index contributed by atoms with van der Waals surface area (Å²) in [6, 6.07) is 5.27. The summed E-state index contributed by atoms with van der Waals surface area (Å²) in [5, 5.41) is 12.2. The zero-order chi connectivity index (χ0) is 11.5. The Balaban J connectivity index is 2.49. The number of hydrogen-bond donors (Lipinski definition) is 1. The summed E-state index contributed by atoms with van der Waals surface area (Å²) >= 11 is 5.93. The second kappa shape index (κ2) is 4.49. The van der Waals surface area contributed by atoms with Crippen molar-refractivity contribution in [3.05, 3.63) is 23.2 Å². The molecule has 5 nitrogen and oxygen atoms in total. The lowest BCUT2D eigenvalue weighted by Gasteiger charge is -2.06. The number of benzene rings is 1. The Bertz CT molecular complexity index is 494. The zero-order valence-electron chi connectivity index (χ0n) is 8.89. The number of hydrogen-bond acceptors (Lipinski definition) is 4. The molecular weight excluding hydrogens is 226 g/mol. The second-order valence-electron chi connectivity index (χ2n) is 3.46. The van der Waals surface area contributed by atoms with Gasteiger partial charge in [0, 0.05) is 22.8 Å². The topological polar surface area (TPSA) is 69.6 Å². The van der Waals surface area contributed by atoms with Gasteiger partial charge in [0.25, 0.3) is 0 Å². The third-order valence-electron chi connectivity index (χ3n) is 2.22. The molecule has 0 saturated carbocycles. The molecule has 0 aliphatic rings. The fourth-order valence-corrected chi connectivity index (χ4v) is 1.65. The molecule has 2 aromatic rings. The van der Waals surface area contributed by atoms with E-state index in [0.717, 1.165) is 18.5 Å². The summed E-state index contributed by atoms with van der Waals surface area (Å²) in [4.78, 5) is 0. The van der Waals surface area contributed by atoms with Crippen LogP contribution in [0.15, 0.2) is 18.2 Å². The van der Waals surface area contributed by atoms with Crippen LogP contribution in [0.5, 0.6) is 0 Å². The molecule has 6 heteroatoms. The average Bonchev–Trinajstić information content (AvgIpc) is 2.70. The predicted octanol–water partition coefficient (Wildman–Crippen LogP) is 1.99. The van der Waals surface area contributed by atoms with Crippen molar-refractivity contribution < 1.29 is 0 Å². The Labute approximate surface area is 98.2 Å². The number of nitrogen functional groups attached to an aromatic ring is 1. The fraction of sp³-hybridized carbons (Fsp3) is 0.300. The van der Waals surface area contributed by atoms with Crippen molar-refractivity contribution in [3.63, 3.8) is 0 Å². The molecular formula is C10H12ClN5. The van der Waals surface area contributed by atoms with Crippen LogP contribution in [-0.2, 0) is 6.54 Å². The van der Waals surface area contributed by atoms with Gasteiger partial charge in [-0.1, -0.05) is 18.5 Å². The van der Waals surface area contributed by atoms with Crippen LogP contribution in [0.1, 0.15) is 13.3 Å². The smallest absolute Gasteiger partial charge is 0.184 e. The summed E-state index contributed by atoms with van der Waals surface area (Å²) in [6.45, 7) is 2.82. The molecule has 0 spiro atoms. The Hall–Kier alpha value is -1.62. The Morgan fingerprint density at radius 2 is 2.25 bits per heavy atom. The van der Waals surface area contributed by atoms with Crippen molar-refractivity contribution in [2.75, 3.05) is 5.73 Å². The first-order chi connectivity index (χ1) is 7.72. The second-order valence-corrected chi connectivity index (χ2v) is 3.89. The maximum Gasteiger partial charge on any atom is 0.184 e. The van der Waals surface area contributed by atoms with E-state index in [4.69, 9.17) is 17.3 Å². The third-order valence-corrected chi connectivity index (χ3v) is 2.46. The molecule has 0 radical (unpaired) electrons. The van der Waals surface area contributed by atoms with Gasteiger partial charge in [-0.2, -0.15) is 0 Å². The Morgan fingerprint density at radius 1 is 1.44 bits per heavy atom. The molecule has 0 atom stereocenters. The van der Waals surface area contributed by atoms with Gasteiger partial charge in [0.1, 0.15) is 0 Å². The van der Waals surface area contributed by atoms with Gasteiger partial charge in [0.15, 0.2) is 5.82 Å².